The van der Waals surface area contributed by atoms with Gasteiger partial charge >= 0.3 is 0 Å². The van der Waals surface area contributed by atoms with E-state index in [1.165, 1.54) is 0 Å². The molecule has 3 rings (SSSR count). The van der Waals surface area contributed by atoms with E-state index in [2.05, 4.69) is 10.5 Å². The molecule has 13 heavy (non-hydrogen) atoms. The number of hydroxylamine groups is 1. The zero-order valence-corrected chi connectivity index (χ0v) is 6.74. The molecule has 1 saturated heterocycles. The van der Waals surface area contributed by atoms with Gasteiger partial charge in [0.1, 0.15) is 0 Å². The lowest BCUT2D eigenvalue weighted by atomic mass is 10.1. The first-order valence-electron chi connectivity index (χ1n) is 4.04. The summed E-state index contributed by atoms with van der Waals surface area (Å²) >= 11 is 0. The van der Waals surface area contributed by atoms with Gasteiger partial charge in [-0.1, -0.05) is 18.2 Å². The standard InChI is InChI=1S/C9H8N2O2/c12-9(11-13-9)7-5-10-8-4-2-1-3-6(7)8/h1-5,10-12H. The van der Waals surface area contributed by atoms with Crippen molar-refractivity contribution in [3.05, 3.63) is 36.0 Å². The molecular weight excluding hydrogens is 168 g/mol. The number of para-hydroxylation sites is 1. The van der Waals surface area contributed by atoms with Crippen LogP contribution < -0.4 is 5.48 Å². The van der Waals surface area contributed by atoms with Gasteiger partial charge in [-0.3, -0.25) is 0 Å². The molecule has 0 amide bonds. The van der Waals surface area contributed by atoms with E-state index >= 15 is 0 Å². The highest BCUT2D eigenvalue weighted by Crippen LogP contribution is 2.34. The molecular formula is C9H8N2O2. The first kappa shape index (κ1) is 7.08. The highest BCUT2D eigenvalue weighted by Gasteiger charge is 2.46. The molecule has 4 nitrogen and oxygen atoms in total. The first-order valence-corrected chi connectivity index (χ1v) is 4.04. The number of nitrogens with one attached hydrogen (secondary N) is 2. The number of aliphatic hydroxyl groups is 1. The minimum atomic E-state index is -1.28. The van der Waals surface area contributed by atoms with E-state index in [1.807, 2.05) is 24.3 Å². The second kappa shape index (κ2) is 2.11. The Bertz CT molecular complexity index is 459. The lowest BCUT2D eigenvalue weighted by molar-refractivity contribution is 0.0346. The van der Waals surface area contributed by atoms with Gasteiger partial charge < -0.3 is 10.1 Å². The molecule has 0 spiro atoms. The SMILES string of the molecule is OC1(c2c[nH]c3ccccc23)NO1. The molecule has 3 N–H and O–H groups in total. The summed E-state index contributed by atoms with van der Waals surface area (Å²) in [5, 5.41) is 10.6. The molecule has 66 valence electrons. The highest BCUT2D eigenvalue weighted by molar-refractivity contribution is 5.83. The summed E-state index contributed by atoms with van der Waals surface area (Å²) in [6.07, 6.45) is 1.74. The molecule has 0 bridgehead atoms. The fourth-order valence-corrected chi connectivity index (χ4v) is 1.51. The molecule has 1 aromatic carbocycles. The summed E-state index contributed by atoms with van der Waals surface area (Å²) in [6.45, 7) is 0. The van der Waals surface area contributed by atoms with Crippen LogP contribution in [0.25, 0.3) is 10.9 Å². The Labute approximate surface area is 74.1 Å². The van der Waals surface area contributed by atoms with Gasteiger partial charge in [-0.05, 0) is 6.07 Å². The van der Waals surface area contributed by atoms with Crippen molar-refractivity contribution in [1.29, 1.82) is 0 Å². The van der Waals surface area contributed by atoms with Crippen molar-refractivity contribution in [2.45, 2.75) is 5.91 Å². The van der Waals surface area contributed by atoms with E-state index in [0.717, 1.165) is 16.5 Å². The Morgan fingerprint density at radius 3 is 2.85 bits per heavy atom. The van der Waals surface area contributed by atoms with Crippen LogP contribution in [0.1, 0.15) is 5.56 Å². The van der Waals surface area contributed by atoms with Gasteiger partial charge in [0.25, 0.3) is 5.91 Å². The van der Waals surface area contributed by atoms with Crippen LogP contribution in [-0.4, -0.2) is 10.1 Å². The van der Waals surface area contributed by atoms with Crippen molar-refractivity contribution in [1.82, 2.24) is 10.5 Å². The van der Waals surface area contributed by atoms with Crippen molar-refractivity contribution in [2.24, 2.45) is 0 Å². The average Bonchev–Trinajstić information content (AvgIpc) is 2.76. The summed E-state index contributed by atoms with van der Waals surface area (Å²) in [4.78, 5) is 7.79. The minimum absolute atomic E-state index is 0.725. The maximum Gasteiger partial charge on any atom is 0.294 e. The second-order valence-electron chi connectivity index (χ2n) is 3.10. The van der Waals surface area contributed by atoms with Gasteiger partial charge in [-0.25, -0.2) is 4.84 Å². The maximum atomic E-state index is 9.63. The monoisotopic (exact) mass is 176 g/mol. The van der Waals surface area contributed by atoms with Crippen LogP contribution in [0.15, 0.2) is 30.5 Å². The lowest BCUT2D eigenvalue weighted by Crippen LogP contribution is -2.09. The molecule has 0 saturated carbocycles. The molecule has 1 atom stereocenters. The third kappa shape index (κ3) is 0.904. The van der Waals surface area contributed by atoms with Gasteiger partial charge in [-0.15, -0.1) is 5.48 Å². The van der Waals surface area contributed by atoms with Crippen LogP contribution in [0.5, 0.6) is 0 Å². The zero-order valence-electron chi connectivity index (χ0n) is 6.74. The van der Waals surface area contributed by atoms with Crippen molar-refractivity contribution < 1.29 is 9.94 Å². The fourth-order valence-electron chi connectivity index (χ4n) is 1.51. The number of hydrogen-bond acceptors (Lipinski definition) is 3. The van der Waals surface area contributed by atoms with Gasteiger partial charge in [0.15, 0.2) is 0 Å². The van der Waals surface area contributed by atoms with Crippen LogP contribution >= 0.6 is 0 Å². The average molecular weight is 176 g/mol. The lowest BCUT2D eigenvalue weighted by Gasteiger charge is -1.98. The number of benzene rings is 1. The van der Waals surface area contributed by atoms with Gasteiger partial charge in [0.2, 0.25) is 0 Å². The third-order valence-corrected chi connectivity index (χ3v) is 2.25. The normalized spacial score (nSPS) is 26.5. The zero-order chi connectivity index (χ0) is 8.89. The summed E-state index contributed by atoms with van der Waals surface area (Å²) in [5.74, 6) is -1.28. The molecule has 1 aromatic heterocycles. The molecule has 4 heteroatoms. The molecule has 2 heterocycles. The Balaban J connectivity index is 2.30. The van der Waals surface area contributed by atoms with Gasteiger partial charge in [0.05, 0.1) is 5.56 Å². The van der Waals surface area contributed by atoms with E-state index in [-0.39, 0.29) is 0 Å². The Morgan fingerprint density at radius 1 is 1.31 bits per heavy atom. The Kier molecular flexibility index (Phi) is 1.15. The third-order valence-electron chi connectivity index (χ3n) is 2.25. The number of aromatic amines is 1. The topological polar surface area (TPSA) is 70.5 Å². The summed E-state index contributed by atoms with van der Waals surface area (Å²) in [7, 11) is 0. The molecule has 2 aromatic rings. The Morgan fingerprint density at radius 2 is 2.08 bits per heavy atom. The van der Waals surface area contributed by atoms with E-state index < -0.39 is 5.91 Å². The maximum absolute atomic E-state index is 9.63. The first-order chi connectivity index (χ1) is 6.30. The van der Waals surface area contributed by atoms with Gasteiger partial charge in [0, 0.05) is 17.1 Å². The van der Waals surface area contributed by atoms with Crippen molar-refractivity contribution in [2.75, 3.05) is 0 Å². The van der Waals surface area contributed by atoms with Crippen molar-refractivity contribution in [3.63, 3.8) is 0 Å². The molecule has 1 fully saturated rings. The summed E-state index contributed by atoms with van der Waals surface area (Å²) in [6, 6.07) is 7.74. The molecule has 1 unspecified atom stereocenters. The largest absolute Gasteiger partial charge is 0.361 e. The number of fused-ring (bicyclic) bond motifs is 1. The number of rotatable bonds is 1. The second-order valence-corrected chi connectivity index (χ2v) is 3.10. The molecule has 1 aliphatic heterocycles. The Hall–Kier alpha value is -1.36. The molecule has 1 aliphatic rings. The van der Waals surface area contributed by atoms with E-state index in [0.29, 0.717) is 0 Å². The van der Waals surface area contributed by atoms with Crippen LogP contribution in [-0.2, 0) is 10.7 Å². The summed E-state index contributed by atoms with van der Waals surface area (Å²) < 4.78 is 0. The predicted molar refractivity (Wildman–Crippen MR) is 46.4 cm³/mol. The predicted octanol–water partition coefficient (Wildman–Crippen LogP) is 0.805. The van der Waals surface area contributed by atoms with E-state index in [9.17, 15) is 5.11 Å². The smallest absolute Gasteiger partial charge is 0.294 e. The van der Waals surface area contributed by atoms with Crippen LogP contribution in [0.4, 0.5) is 0 Å². The fraction of sp³-hybridized carbons (Fsp3) is 0.111. The van der Waals surface area contributed by atoms with Crippen molar-refractivity contribution >= 4 is 10.9 Å². The van der Waals surface area contributed by atoms with Gasteiger partial charge in [-0.2, -0.15) is 0 Å². The van der Waals surface area contributed by atoms with E-state index in [1.54, 1.807) is 6.20 Å². The number of H-pyrrole nitrogens is 1. The number of aromatic nitrogens is 1. The van der Waals surface area contributed by atoms with E-state index in [4.69, 9.17) is 4.84 Å². The highest BCUT2D eigenvalue weighted by atomic mass is 16.9. The number of hydrogen-bond donors (Lipinski definition) is 3. The summed E-state index contributed by atoms with van der Waals surface area (Å²) in [5.41, 5.74) is 4.16. The molecule has 0 radical (unpaired) electrons. The van der Waals surface area contributed by atoms with Crippen LogP contribution in [0, 0.1) is 0 Å². The molecule has 0 aliphatic carbocycles. The van der Waals surface area contributed by atoms with Crippen molar-refractivity contribution in [3.8, 4) is 0 Å². The minimum Gasteiger partial charge on any atom is -0.361 e. The quantitative estimate of drug-likeness (QED) is 0.563. The van der Waals surface area contributed by atoms with Crippen LogP contribution in [0.3, 0.4) is 0 Å². The van der Waals surface area contributed by atoms with Crippen LogP contribution in [0.2, 0.25) is 0 Å².